The Balaban J connectivity index is -0.0000000450. The smallest absolute Gasteiger partial charge is 0 e. The van der Waals surface area contributed by atoms with Gasteiger partial charge in [-0.1, -0.05) is 0 Å². The van der Waals surface area contributed by atoms with Crippen molar-refractivity contribution in [3.05, 3.63) is 25.3 Å². The van der Waals surface area contributed by atoms with E-state index in [4.69, 9.17) is 13.2 Å². The van der Waals surface area contributed by atoms with Gasteiger partial charge in [-0.2, -0.15) is 0 Å². The van der Waals surface area contributed by atoms with Gasteiger partial charge in [0.1, 0.15) is 0 Å². The molecule has 28 valence electrons. The summed E-state index contributed by atoms with van der Waals surface area (Å²) in [6, 6.07) is 0. The first kappa shape index (κ1) is 15.9. The molecule has 0 spiro atoms. The zero-order valence-electron chi connectivity index (χ0n) is 3.46. The fraction of sp³-hybridized carbons (Fsp3) is 0. The topological polar surface area (TPSA) is 0 Å². The van der Waals surface area contributed by atoms with E-state index in [0.29, 0.717) is 0 Å². The van der Waals surface area contributed by atoms with E-state index in [9.17, 15) is 0 Å². The van der Waals surface area contributed by atoms with Crippen LogP contribution in [0.25, 0.3) is 0 Å². The second-order valence-corrected chi connectivity index (χ2v) is 0.385. The Bertz CT molecular complexity index is 28.5. The van der Waals surface area contributed by atoms with E-state index in [2.05, 4.69) is 0 Å². The van der Waals surface area contributed by atoms with Crippen LogP contribution in [0.1, 0.15) is 0 Å². The van der Waals surface area contributed by atoms with Crippen LogP contribution >= 0.6 is 0 Å². The van der Waals surface area contributed by atoms with E-state index < -0.39 is 0 Å². The van der Waals surface area contributed by atoms with Crippen molar-refractivity contribution >= 4 is 8.41 Å². The summed E-state index contributed by atoms with van der Waals surface area (Å²) in [5.41, 5.74) is 0. The number of hydrogen-bond donors (Lipinski definition) is 0. The van der Waals surface area contributed by atoms with Gasteiger partial charge in [-0.25, -0.2) is 0 Å². The maximum Gasteiger partial charge on any atom is 0 e. The van der Waals surface area contributed by atoms with Crippen LogP contribution in [0, 0.1) is 13.2 Å². The van der Waals surface area contributed by atoms with Gasteiger partial charge in [0.05, 0.1) is 0 Å². The minimum absolute atomic E-state index is 0. The molecule has 0 fully saturated rings. The zero-order chi connectivity index (χ0) is 3.41. The molecule has 0 saturated heterocycles. The van der Waals surface area contributed by atoms with Gasteiger partial charge < -0.3 is 25.3 Å². The molecule has 0 saturated carbocycles. The minimum Gasteiger partial charge on any atom is -0.394 e. The zero-order valence-corrected chi connectivity index (χ0v) is 6.30. The van der Waals surface area contributed by atoms with Gasteiger partial charge in [-0.15, -0.1) is 0 Å². The van der Waals surface area contributed by atoms with E-state index >= 15 is 0 Å². The molecule has 4 radical (unpaired) electrons. The summed E-state index contributed by atoms with van der Waals surface area (Å²) in [6.45, 7) is 9.44. The van der Waals surface area contributed by atoms with Crippen LogP contribution in [0.15, 0.2) is 12.2 Å². The summed E-state index contributed by atoms with van der Waals surface area (Å²) >= 11 is 0. The normalized spacial score (nSPS) is 3.33. The van der Waals surface area contributed by atoms with Crippen LogP contribution in [0.2, 0.25) is 0 Å². The Morgan fingerprint density at radius 1 is 1.00 bits per heavy atom. The minimum atomic E-state index is 0. The Morgan fingerprint density at radius 2 is 1.17 bits per heavy atom. The molecule has 0 heterocycles. The molecule has 0 amide bonds. The number of hydrogen-bond acceptors (Lipinski definition) is 0. The van der Waals surface area contributed by atoms with Crippen molar-refractivity contribution in [2.75, 3.05) is 0 Å². The average molecular weight is 152 g/mol. The first-order valence-electron chi connectivity index (χ1n) is 1.00. The van der Waals surface area contributed by atoms with Crippen molar-refractivity contribution < 1.29 is 32.7 Å². The Labute approximate surface area is 66.2 Å². The Hall–Kier alpha value is 0.649. The average Bonchev–Trinajstić information content (AvgIpc) is 1.37. The van der Waals surface area contributed by atoms with Gasteiger partial charge in [0.25, 0.3) is 0 Å². The van der Waals surface area contributed by atoms with Crippen LogP contribution in [-0.4, -0.2) is 8.41 Å². The molecule has 0 aliphatic carbocycles. The molecule has 0 aliphatic heterocycles. The predicted molar refractivity (Wildman–Crippen MR) is 23.5 cm³/mol. The molecule has 0 atom stereocenters. The van der Waals surface area contributed by atoms with Gasteiger partial charge in [0, 0.05) is 41.1 Å². The molecule has 0 aliphatic rings. The molecule has 0 aromatic heterocycles. The summed E-state index contributed by atoms with van der Waals surface area (Å²) < 4.78 is 0. The second-order valence-electron chi connectivity index (χ2n) is 0.385. The number of allylic oxidation sites excluding steroid dienone is 2. The largest absolute Gasteiger partial charge is 0.394 e. The molecule has 2 heteroatoms. The quantitative estimate of drug-likeness (QED) is 0.292. The standard InChI is InChI=1S/C4H4.B.Y/c1-3-4-2;;/h1-4H;;/q-2;;. The maximum absolute atomic E-state index is 4.72. The molecular weight excluding hydrogens is 148 g/mol. The Morgan fingerprint density at radius 3 is 1.17 bits per heavy atom. The maximum atomic E-state index is 4.72. The first-order chi connectivity index (χ1) is 1.91. The van der Waals surface area contributed by atoms with E-state index in [1.807, 2.05) is 0 Å². The molecule has 0 unspecified atom stereocenters. The van der Waals surface area contributed by atoms with Gasteiger partial charge in [0.2, 0.25) is 0 Å². The van der Waals surface area contributed by atoms with Crippen molar-refractivity contribution in [3.8, 4) is 0 Å². The molecule has 0 rings (SSSR count). The number of rotatable bonds is 1. The summed E-state index contributed by atoms with van der Waals surface area (Å²) in [4.78, 5) is 0. The fourth-order valence-electron chi connectivity index (χ4n) is 0. The van der Waals surface area contributed by atoms with E-state index in [1.165, 1.54) is 12.2 Å². The third-order valence-corrected chi connectivity index (χ3v) is 0.111. The summed E-state index contributed by atoms with van der Waals surface area (Å²) in [6.07, 6.45) is 2.56. The van der Waals surface area contributed by atoms with Crippen molar-refractivity contribution in [1.82, 2.24) is 0 Å². The van der Waals surface area contributed by atoms with E-state index in [1.54, 1.807) is 0 Å². The van der Waals surface area contributed by atoms with Crippen molar-refractivity contribution in [2.45, 2.75) is 0 Å². The monoisotopic (exact) mass is 152 g/mol. The SMILES string of the molecule is [B].[CH-]=CC=[CH-].[Y]. The molecule has 0 bridgehead atoms. The van der Waals surface area contributed by atoms with Gasteiger partial charge in [-0.3, -0.25) is 0 Å². The third-order valence-electron chi connectivity index (χ3n) is 0.111. The third kappa shape index (κ3) is 22.8. The molecule has 0 nitrogen and oxygen atoms in total. The van der Waals surface area contributed by atoms with E-state index in [-0.39, 0.29) is 41.1 Å². The van der Waals surface area contributed by atoms with Crippen LogP contribution in [0.5, 0.6) is 0 Å². The Kier molecular flexibility index (Phi) is 46.2. The summed E-state index contributed by atoms with van der Waals surface area (Å²) in [7, 11) is 0. The first-order valence-corrected chi connectivity index (χ1v) is 1.00. The van der Waals surface area contributed by atoms with Gasteiger partial charge >= 0.3 is 0 Å². The summed E-state index contributed by atoms with van der Waals surface area (Å²) in [5.74, 6) is 0. The molecule has 0 N–H and O–H groups in total. The van der Waals surface area contributed by atoms with Crippen molar-refractivity contribution in [3.63, 3.8) is 0 Å². The molecule has 0 aromatic carbocycles. The van der Waals surface area contributed by atoms with Crippen molar-refractivity contribution in [2.24, 2.45) is 0 Å². The van der Waals surface area contributed by atoms with Crippen molar-refractivity contribution in [1.29, 1.82) is 0 Å². The van der Waals surface area contributed by atoms with Gasteiger partial charge in [-0.05, 0) is 0 Å². The molecule has 0 aromatic rings. The summed E-state index contributed by atoms with van der Waals surface area (Å²) in [5, 5.41) is 0. The van der Waals surface area contributed by atoms with Crippen LogP contribution in [-0.2, 0) is 32.7 Å². The van der Waals surface area contributed by atoms with E-state index in [0.717, 1.165) is 0 Å². The van der Waals surface area contributed by atoms with Crippen LogP contribution < -0.4 is 0 Å². The molecular formula is C4H4BY-2. The van der Waals surface area contributed by atoms with Crippen LogP contribution in [0.4, 0.5) is 0 Å². The molecule has 6 heavy (non-hydrogen) atoms. The van der Waals surface area contributed by atoms with Gasteiger partial charge in [0.15, 0.2) is 0 Å². The fourth-order valence-corrected chi connectivity index (χ4v) is 0. The predicted octanol–water partition coefficient (Wildman–Crippen LogP) is 0.581. The second kappa shape index (κ2) is 17.4. The van der Waals surface area contributed by atoms with Crippen LogP contribution in [0.3, 0.4) is 0 Å².